The van der Waals surface area contributed by atoms with Gasteiger partial charge in [0.15, 0.2) is 5.76 Å². The molecule has 2 N–H and O–H groups in total. The van der Waals surface area contributed by atoms with Crippen molar-refractivity contribution in [1.29, 1.82) is 0 Å². The van der Waals surface area contributed by atoms with Gasteiger partial charge in [0.25, 0.3) is 0 Å². The summed E-state index contributed by atoms with van der Waals surface area (Å²) in [5.74, 6) is 0.136. The lowest BCUT2D eigenvalue weighted by Gasteiger charge is -2.07. The van der Waals surface area contributed by atoms with E-state index in [1.165, 1.54) is 0 Å². The quantitative estimate of drug-likeness (QED) is 0.658. The number of aromatic hydroxyl groups is 1. The molecule has 2 nitrogen and oxygen atoms in total. The smallest absolute Gasteiger partial charge is 0.175 e. The minimum Gasteiger partial charge on any atom is -0.507 e. The zero-order chi connectivity index (χ0) is 9.97. The van der Waals surface area contributed by atoms with Crippen LogP contribution in [0.3, 0.4) is 0 Å². The maximum absolute atomic E-state index is 9.55. The van der Waals surface area contributed by atoms with Crippen LogP contribution in [0.2, 0.25) is 0 Å². The molecule has 0 fully saturated rings. The van der Waals surface area contributed by atoms with Crippen molar-refractivity contribution in [2.24, 2.45) is 0 Å². The predicted octanol–water partition coefficient (Wildman–Crippen LogP) is 2.54. The Bertz CT molecular complexity index is 497. The molecule has 0 spiro atoms. The molecule has 1 aliphatic carbocycles. The van der Waals surface area contributed by atoms with E-state index in [0.29, 0.717) is 11.1 Å². The third-order valence-electron chi connectivity index (χ3n) is 1.97. The number of allylic oxidation sites excluding steroid dienone is 3. The normalized spacial score (nSPS) is 13.7. The van der Waals surface area contributed by atoms with Crippen molar-refractivity contribution in [2.75, 3.05) is 0 Å². The number of aliphatic hydroxyl groups is 1. The van der Waals surface area contributed by atoms with E-state index in [9.17, 15) is 10.2 Å². The minimum absolute atomic E-state index is 0.00556. The summed E-state index contributed by atoms with van der Waals surface area (Å²) in [6.07, 6.45) is 3.32. The Hall–Kier alpha value is -2.14. The van der Waals surface area contributed by atoms with E-state index in [2.05, 4.69) is 11.5 Å². The average Bonchev–Trinajstić information content (AvgIpc) is 2.20. The van der Waals surface area contributed by atoms with E-state index in [4.69, 9.17) is 0 Å². The van der Waals surface area contributed by atoms with Crippen molar-refractivity contribution < 1.29 is 10.2 Å². The number of hydrogen-bond donors (Lipinski definition) is 2. The molecule has 0 unspecified atom stereocenters. The largest absolute Gasteiger partial charge is 0.507 e. The Morgan fingerprint density at radius 2 is 1.86 bits per heavy atom. The van der Waals surface area contributed by atoms with Gasteiger partial charge in [0.2, 0.25) is 0 Å². The fourth-order valence-corrected chi connectivity index (χ4v) is 1.30. The molecule has 0 saturated carbocycles. The number of para-hydroxylation sites is 1. The third kappa shape index (κ3) is 1.36. The van der Waals surface area contributed by atoms with Crippen molar-refractivity contribution in [3.05, 3.63) is 59.2 Å². The highest BCUT2D eigenvalue weighted by atomic mass is 16.3. The monoisotopic (exact) mass is 184 g/mol. The van der Waals surface area contributed by atoms with Crippen LogP contribution in [-0.4, -0.2) is 10.2 Å². The standard InChI is InChI=1S/C12H8O2/c13-11-7-3-1-5-9(11)10-6-2-4-8-12(10)14/h1-3,5-7,13-14H. The summed E-state index contributed by atoms with van der Waals surface area (Å²) in [7, 11) is 0. The van der Waals surface area contributed by atoms with Gasteiger partial charge in [-0.1, -0.05) is 23.9 Å². The maximum Gasteiger partial charge on any atom is 0.175 e. The maximum atomic E-state index is 9.55. The van der Waals surface area contributed by atoms with Gasteiger partial charge in [0, 0.05) is 11.1 Å². The lowest BCUT2D eigenvalue weighted by Crippen LogP contribution is -1.89. The first kappa shape index (κ1) is 8.46. The Morgan fingerprint density at radius 3 is 2.57 bits per heavy atom. The highest BCUT2D eigenvalue weighted by Crippen LogP contribution is 2.29. The number of phenols is 1. The molecule has 0 aliphatic heterocycles. The molecular weight excluding hydrogens is 176 g/mol. The summed E-state index contributed by atoms with van der Waals surface area (Å²) in [6, 6.07) is 6.84. The number of rotatable bonds is 1. The molecule has 1 aliphatic rings. The Labute approximate surface area is 81.4 Å². The topological polar surface area (TPSA) is 40.5 Å². The fraction of sp³-hybridized carbons (Fsp3) is 0. The first-order chi connectivity index (χ1) is 6.79. The van der Waals surface area contributed by atoms with Gasteiger partial charge in [0.05, 0.1) is 0 Å². The van der Waals surface area contributed by atoms with E-state index in [-0.39, 0.29) is 11.5 Å². The van der Waals surface area contributed by atoms with E-state index >= 15 is 0 Å². The van der Waals surface area contributed by atoms with Crippen molar-refractivity contribution in [3.8, 4) is 5.75 Å². The molecule has 0 heterocycles. The van der Waals surface area contributed by atoms with Crippen LogP contribution in [0, 0.1) is 0 Å². The van der Waals surface area contributed by atoms with Crippen molar-refractivity contribution in [2.45, 2.75) is 0 Å². The van der Waals surface area contributed by atoms with E-state index in [1.54, 1.807) is 36.4 Å². The van der Waals surface area contributed by atoms with E-state index < -0.39 is 0 Å². The third-order valence-corrected chi connectivity index (χ3v) is 1.97. The van der Waals surface area contributed by atoms with Gasteiger partial charge in [-0.2, -0.15) is 0 Å². The molecule has 0 saturated heterocycles. The lowest BCUT2D eigenvalue weighted by atomic mass is 10.0. The molecule has 0 amide bonds. The van der Waals surface area contributed by atoms with E-state index in [0.717, 1.165) is 0 Å². The molecule has 0 radical (unpaired) electrons. The minimum atomic E-state index is -0.00556. The second-order valence-electron chi connectivity index (χ2n) is 2.88. The van der Waals surface area contributed by atoms with Crippen molar-refractivity contribution in [1.82, 2.24) is 0 Å². The number of hydrogen-bond acceptors (Lipinski definition) is 2. The van der Waals surface area contributed by atoms with Gasteiger partial charge in [0.1, 0.15) is 5.75 Å². The predicted molar refractivity (Wildman–Crippen MR) is 53.8 cm³/mol. The highest BCUT2D eigenvalue weighted by Gasteiger charge is 2.10. The SMILES string of the molecule is OC1=C=C=CC=C1c1ccccc1O. The lowest BCUT2D eigenvalue weighted by molar-refractivity contribution is 0.436. The molecule has 2 rings (SSSR count). The van der Waals surface area contributed by atoms with Gasteiger partial charge >= 0.3 is 0 Å². The van der Waals surface area contributed by atoms with Crippen LogP contribution < -0.4 is 0 Å². The number of phenolic OH excluding ortho intramolecular Hbond substituents is 1. The zero-order valence-electron chi connectivity index (χ0n) is 7.36. The zero-order valence-corrected chi connectivity index (χ0v) is 7.36. The van der Waals surface area contributed by atoms with Gasteiger partial charge < -0.3 is 10.2 Å². The Morgan fingerprint density at radius 1 is 1.07 bits per heavy atom. The van der Waals surface area contributed by atoms with Gasteiger partial charge in [-0.15, -0.1) is 0 Å². The Balaban J connectivity index is 2.54. The number of benzene rings is 1. The van der Waals surface area contributed by atoms with Crippen molar-refractivity contribution in [3.63, 3.8) is 0 Å². The molecule has 68 valence electrons. The molecule has 0 aromatic heterocycles. The van der Waals surface area contributed by atoms with Crippen molar-refractivity contribution >= 4 is 5.57 Å². The Kier molecular flexibility index (Phi) is 2.00. The molecule has 14 heavy (non-hydrogen) atoms. The van der Waals surface area contributed by atoms with Gasteiger partial charge in [-0.3, -0.25) is 0 Å². The molecule has 0 atom stereocenters. The first-order valence-electron chi connectivity index (χ1n) is 4.19. The van der Waals surface area contributed by atoms with Crippen LogP contribution in [0.4, 0.5) is 0 Å². The summed E-state index contributed by atoms with van der Waals surface area (Å²) >= 11 is 0. The van der Waals surface area contributed by atoms with Crippen LogP contribution in [0.25, 0.3) is 5.57 Å². The second-order valence-corrected chi connectivity index (χ2v) is 2.88. The first-order valence-corrected chi connectivity index (χ1v) is 4.19. The average molecular weight is 184 g/mol. The van der Waals surface area contributed by atoms with Gasteiger partial charge in [-0.25, -0.2) is 0 Å². The van der Waals surface area contributed by atoms with Crippen LogP contribution in [-0.2, 0) is 0 Å². The van der Waals surface area contributed by atoms with Crippen LogP contribution >= 0.6 is 0 Å². The second kappa shape index (κ2) is 3.31. The summed E-state index contributed by atoms with van der Waals surface area (Å²) in [5, 5.41) is 19.0. The highest BCUT2D eigenvalue weighted by molar-refractivity contribution is 5.81. The summed E-state index contributed by atoms with van der Waals surface area (Å²) < 4.78 is 0. The molecule has 1 aromatic carbocycles. The van der Waals surface area contributed by atoms with E-state index in [1.807, 2.05) is 0 Å². The summed E-state index contributed by atoms with van der Waals surface area (Å²) in [4.78, 5) is 0. The summed E-state index contributed by atoms with van der Waals surface area (Å²) in [5.41, 5.74) is 6.33. The molecule has 1 aromatic rings. The molecule has 2 heteroatoms. The number of aliphatic hydroxyl groups excluding tert-OH is 1. The van der Waals surface area contributed by atoms with Gasteiger partial charge in [-0.05, 0) is 23.9 Å². The van der Waals surface area contributed by atoms with Crippen LogP contribution in [0.5, 0.6) is 5.75 Å². The fourth-order valence-electron chi connectivity index (χ4n) is 1.30. The van der Waals surface area contributed by atoms with Crippen LogP contribution in [0.1, 0.15) is 5.56 Å². The molecular formula is C12H8O2. The van der Waals surface area contributed by atoms with Crippen LogP contribution in [0.15, 0.2) is 53.6 Å². The molecule has 0 bridgehead atoms. The summed E-state index contributed by atoms with van der Waals surface area (Å²) in [6.45, 7) is 0.